The number of aromatic nitrogens is 1. The summed E-state index contributed by atoms with van der Waals surface area (Å²) in [5.41, 5.74) is 1.67. The molecule has 0 fully saturated rings. The van der Waals surface area contributed by atoms with E-state index in [1.54, 1.807) is 6.20 Å². The van der Waals surface area contributed by atoms with Gasteiger partial charge >= 0.3 is 5.97 Å². The first kappa shape index (κ1) is 13.3. The van der Waals surface area contributed by atoms with Gasteiger partial charge in [-0.3, -0.25) is 9.78 Å². The molecule has 0 saturated carbocycles. The average molecular weight is 259 g/mol. The van der Waals surface area contributed by atoms with Crippen molar-refractivity contribution in [3.63, 3.8) is 0 Å². The van der Waals surface area contributed by atoms with Crippen LogP contribution in [0.3, 0.4) is 0 Å². The third-order valence-electron chi connectivity index (χ3n) is 2.75. The van der Waals surface area contributed by atoms with Crippen LogP contribution in [0.4, 0.5) is 0 Å². The highest BCUT2D eigenvalue weighted by Gasteiger charge is 2.12. The molecule has 2 aromatic rings. The van der Waals surface area contributed by atoms with Crippen LogP contribution in [0, 0.1) is 0 Å². The number of hydrogen-bond acceptors (Lipinski definition) is 4. The zero-order chi connectivity index (χ0) is 13.8. The molecule has 0 aliphatic carbocycles. The number of nitrogens with zero attached hydrogens (tertiary/aromatic N) is 1. The van der Waals surface area contributed by atoms with Crippen molar-refractivity contribution in [2.75, 3.05) is 7.11 Å². The van der Waals surface area contributed by atoms with Crippen LogP contribution in [0.25, 0.3) is 10.9 Å². The molecule has 0 spiro atoms. The van der Waals surface area contributed by atoms with Crippen molar-refractivity contribution in [2.24, 2.45) is 0 Å². The second-order valence-corrected chi connectivity index (χ2v) is 4.54. The standard InChI is InChI=1S/C15H17NO3/c1-10(2)19-13-7-6-11(9-14(17)18-3)12-5-4-8-16-15(12)13/h4-8,10H,9H2,1-3H3. The quantitative estimate of drug-likeness (QED) is 0.792. The molecule has 4 nitrogen and oxygen atoms in total. The van der Waals surface area contributed by atoms with E-state index in [0.29, 0.717) is 0 Å². The molecule has 0 radical (unpaired) electrons. The van der Waals surface area contributed by atoms with Crippen molar-refractivity contribution in [2.45, 2.75) is 26.4 Å². The Bertz CT molecular complexity index is 593. The molecule has 0 N–H and O–H groups in total. The van der Waals surface area contributed by atoms with E-state index in [1.165, 1.54) is 7.11 Å². The molecule has 0 aliphatic rings. The number of hydrogen-bond donors (Lipinski definition) is 0. The van der Waals surface area contributed by atoms with E-state index >= 15 is 0 Å². The van der Waals surface area contributed by atoms with Crippen molar-refractivity contribution < 1.29 is 14.3 Å². The predicted octanol–water partition coefficient (Wildman–Crippen LogP) is 2.74. The maximum absolute atomic E-state index is 11.4. The predicted molar refractivity (Wildman–Crippen MR) is 73.2 cm³/mol. The lowest BCUT2D eigenvalue weighted by atomic mass is 10.0. The highest BCUT2D eigenvalue weighted by molar-refractivity contribution is 5.90. The van der Waals surface area contributed by atoms with Gasteiger partial charge in [0.25, 0.3) is 0 Å². The second-order valence-electron chi connectivity index (χ2n) is 4.54. The molecule has 0 atom stereocenters. The van der Waals surface area contributed by atoms with Crippen LogP contribution in [0.15, 0.2) is 30.5 Å². The summed E-state index contributed by atoms with van der Waals surface area (Å²) in [5, 5.41) is 0.922. The van der Waals surface area contributed by atoms with E-state index in [4.69, 9.17) is 9.47 Å². The van der Waals surface area contributed by atoms with Gasteiger partial charge in [-0.2, -0.15) is 0 Å². The maximum Gasteiger partial charge on any atom is 0.310 e. The van der Waals surface area contributed by atoms with Crippen molar-refractivity contribution in [1.29, 1.82) is 0 Å². The molecular formula is C15H17NO3. The molecule has 0 unspecified atom stereocenters. The topological polar surface area (TPSA) is 48.4 Å². The van der Waals surface area contributed by atoms with Gasteiger partial charge in [0.05, 0.1) is 19.6 Å². The summed E-state index contributed by atoms with van der Waals surface area (Å²) in [4.78, 5) is 15.8. The van der Waals surface area contributed by atoms with E-state index in [9.17, 15) is 4.79 Å². The number of benzene rings is 1. The molecule has 1 heterocycles. The summed E-state index contributed by atoms with van der Waals surface area (Å²) < 4.78 is 10.4. The van der Waals surface area contributed by atoms with Gasteiger partial charge in [-0.25, -0.2) is 0 Å². The summed E-state index contributed by atoms with van der Waals surface area (Å²) >= 11 is 0. The molecule has 19 heavy (non-hydrogen) atoms. The molecule has 0 saturated heterocycles. The zero-order valence-corrected chi connectivity index (χ0v) is 11.3. The largest absolute Gasteiger partial charge is 0.489 e. The van der Waals surface area contributed by atoms with Crippen molar-refractivity contribution >= 4 is 16.9 Å². The summed E-state index contributed by atoms with van der Waals surface area (Å²) in [6.45, 7) is 3.94. The van der Waals surface area contributed by atoms with Gasteiger partial charge in [-0.05, 0) is 31.5 Å². The minimum absolute atomic E-state index is 0.0802. The minimum Gasteiger partial charge on any atom is -0.489 e. The van der Waals surface area contributed by atoms with E-state index in [1.807, 2.05) is 38.1 Å². The number of esters is 1. The van der Waals surface area contributed by atoms with Crippen LogP contribution in [0.2, 0.25) is 0 Å². The Hall–Kier alpha value is -2.10. The van der Waals surface area contributed by atoms with Crippen LogP contribution >= 0.6 is 0 Å². The van der Waals surface area contributed by atoms with Gasteiger partial charge in [0.1, 0.15) is 11.3 Å². The third-order valence-corrected chi connectivity index (χ3v) is 2.75. The number of methoxy groups -OCH3 is 1. The first-order valence-corrected chi connectivity index (χ1v) is 6.22. The van der Waals surface area contributed by atoms with E-state index in [-0.39, 0.29) is 18.5 Å². The Morgan fingerprint density at radius 2 is 2.11 bits per heavy atom. The molecule has 0 aliphatic heterocycles. The van der Waals surface area contributed by atoms with Gasteiger partial charge < -0.3 is 9.47 Å². The summed E-state index contributed by atoms with van der Waals surface area (Å²) in [5.74, 6) is 0.474. The number of pyridine rings is 1. The number of carbonyl (C=O) groups is 1. The smallest absolute Gasteiger partial charge is 0.310 e. The zero-order valence-electron chi connectivity index (χ0n) is 11.3. The third kappa shape index (κ3) is 3.02. The van der Waals surface area contributed by atoms with Crippen molar-refractivity contribution in [3.8, 4) is 5.75 Å². The number of fused-ring (bicyclic) bond motifs is 1. The van der Waals surface area contributed by atoms with E-state index in [2.05, 4.69) is 4.98 Å². The molecule has 0 bridgehead atoms. The fraction of sp³-hybridized carbons (Fsp3) is 0.333. The minimum atomic E-state index is -0.261. The summed E-state index contributed by atoms with van der Waals surface area (Å²) in [6, 6.07) is 7.53. The van der Waals surface area contributed by atoms with Crippen LogP contribution in [-0.4, -0.2) is 24.2 Å². The Morgan fingerprint density at radius 1 is 1.32 bits per heavy atom. The second kappa shape index (κ2) is 5.69. The van der Waals surface area contributed by atoms with Gasteiger partial charge in [-0.1, -0.05) is 12.1 Å². The fourth-order valence-corrected chi connectivity index (χ4v) is 1.94. The molecule has 2 rings (SSSR count). The lowest BCUT2D eigenvalue weighted by molar-refractivity contribution is -0.139. The lowest BCUT2D eigenvalue weighted by Crippen LogP contribution is -2.08. The first-order chi connectivity index (χ1) is 9.11. The van der Waals surface area contributed by atoms with Crippen LogP contribution < -0.4 is 4.74 Å². The highest BCUT2D eigenvalue weighted by atomic mass is 16.5. The van der Waals surface area contributed by atoms with Crippen LogP contribution in [0.5, 0.6) is 5.75 Å². The van der Waals surface area contributed by atoms with Crippen LogP contribution in [-0.2, 0) is 16.0 Å². The van der Waals surface area contributed by atoms with Gasteiger partial charge in [-0.15, -0.1) is 0 Å². The Morgan fingerprint density at radius 3 is 2.79 bits per heavy atom. The Balaban J connectivity index is 2.48. The van der Waals surface area contributed by atoms with Crippen molar-refractivity contribution in [3.05, 3.63) is 36.0 Å². The normalized spacial score (nSPS) is 10.7. The monoisotopic (exact) mass is 259 g/mol. The van der Waals surface area contributed by atoms with Gasteiger partial charge in [0.15, 0.2) is 0 Å². The van der Waals surface area contributed by atoms with Crippen LogP contribution in [0.1, 0.15) is 19.4 Å². The highest BCUT2D eigenvalue weighted by Crippen LogP contribution is 2.27. The summed E-state index contributed by atoms with van der Waals surface area (Å²) in [7, 11) is 1.39. The molecule has 1 aromatic heterocycles. The molecule has 100 valence electrons. The first-order valence-electron chi connectivity index (χ1n) is 6.22. The Labute approximate surface area is 112 Å². The van der Waals surface area contributed by atoms with Gasteiger partial charge in [0, 0.05) is 11.6 Å². The molecule has 0 amide bonds. The number of ether oxygens (including phenoxy) is 2. The van der Waals surface area contributed by atoms with Gasteiger partial charge in [0.2, 0.25) is 0 Å². The SMILES string of the molecule is COC(=O)Cc1ccc(OC(C)C)c2ncccc12. The molecule has 4 heteroatoms. The summed E-state index contributed by atoms with van der Waals surface area (Å²) in [6.07, 6.45) is 2.04. The Kier molecular flexibility index (Phi) is 4.00. The molecule has 1 aromatic carbocycles. The number of rotatable bonds is 4. The maximum atomic E-state index is 11.4. The van der Waals surface area contributed by atoms with E-state index in [0.717, 1.165) is 22.2 Å². The number of carbonyl (C=O) groups excluding carboxylic acids is 1. The lowest BCUT2D eigenvalue weighted by Gasteiger charge is -2.13. The fourth-order valence-electron chi connectivity index (χ4n) is 1.94. The van der Waals surface area contributed by atoms with E-state index < -0.39 is 0 Å². The average Bonchev–Trinajstić information content (AvgIpc) is 2.41. The van der Waals surface area contributed by atoms with Crippen molar-refractivity contribution in [1.82, 2.24) is 4.98 Å². The molecular weight excluding hydrogens is 242 g/mol.